The second-order valence-electron chi connectivity index (χ2n) is 5.14. The first-order chi connectivity index (χ1) is 7.58. The summed E-state index contributed by atoms with van der Waals surface area (Å²) in [6, 6.07) is -0.511. The highest BCUT2D eigenvalue weighted by Crippen LogP contribution is 2.30. The van der Waals surface area contributed by atoms with E-state index in [0.29, 0.717) is 0 Å². The second kappa shape index (κ2) is 4.62. The predicted octanol–water partition coefficient (Wildman–Crippen LogP) is 2.99. The summed E-state index contributed by atoms with van der Waals surface area (Å²) in [6.07, 6.45) is 0.507. The number of alkyl carbamates (subject to hydrolysis) is 1. The molecule has 0 saturated carbocycles. The van der Waals surface area contributed by atoms with E-state index in [1.807, 2.05) is 0 Å². The van der Waals surface area contributed by atoms with Gasteiger partial charge in [0.1, 0.15) is 5.60 Å². The predicted molar refractivity (Wildman–Crippen MR) is 59.6 cm³/mol. The van der Waals surface area contributed by atoms with Gasteiger partial charge in [0, 0.05) is 6.04 Å². The smallest absolute Gasteiger partial charge is 0.445 e. The minimum Gasteiger partial charge on any atom is -0.445 e. The van der Waals surface area contributed by atoms with E-state index in [1.165, 1.54) is 0 Å². The Kier molecular flexibility index (Phi) is 3.79. The molecule has 0 aromatic heterocycles. The number of halogens is 3. The molecule has 98 valence electrons. The first-order valence-electron chi connectivity index (χ1n) is 5.46. The zero-order chi connectivity index (χ0) is 13.3. The maximum Gasteiger partial charge on any atom is 0.505 e. The number of ether oxygens (including phenoxy) is 1. The molecule has 1 aliphatic rings. The molecule has 0 bridgehead atoms. The van der Waals surface area contributed by atoms with Gasteiger partial charge in [0.15, 0.2) is 0 Å². The van der Waals surface area contributed by atoms with Crippen LogP contribution in [0.3, 0.4) is 0 Å². The highest BCUT2D eigenvalue weighted by molar-refractivity contribution is 6.66. The van der Waals surface area contributed by atoms with Crippen LogP contribution < -0.4 is 5.32 Å². The molecule has 0 aromatic rings. The van der Waals surface area contributed by atoms with Crippen LogP contribution in [0.2, 0.25) is 0 Å². The van der Waals surface area contributed by atoms with Crippen molar-refractivity contribution < 1.29 is 22.5 Å². The molecule has 1 atom stereocenters. The largest absolute Gasteiger partial charge is 0.505 e. The van der Waals surface area contributed by atoms with Gasteiger partial charge < -0.3 is 23.0 Å². The standard InChI is InChI=1S/C10H16BF3NO2/c1-10(2,3)17-9(16)15-8-5-4-7(6-8)11(12,13)14/h4,8H,5-6H2,1-3H3,(H,15,16)/q-1. The van der Waals surface area contributed by atoms with Gasteiger partial charge in [0.2, 0.25) is 0 Å². The van der Waals surface area contributed by atoms with Crippen LogP contribution in [0.5, 0.6) is 0 Å². The van der Waals surface area contributed by atoms with Crippen LogP contribution in [0, 0.1) is 0 Å². The van der Waals surface area contributed by atoms with Gasteiger partial charge >= 0.3 is 13.1 Å². The molecule has 0 heterocycles. The van der Waals surface area contributed by atoms with Gasteiger partial charge in [-0.3, -0.25) is 0 Å². The summed E-state index contributed by atoms with van der Waals surface area (Å²) in [5.74, 6) is 0. The van der Waals surface area contributed by atoms with Crippen molar-refractivity contribution in [2.24, 2.45) is 0 Å². The first kappa shape index (κ1) is 13.9. The van der Waals surface area contributed by atoms with E-state index in [1.54, 1.807) is 20.8 Å². The summed E-state index contributed by atoms with van der Waals surface area (Å²) in [7, 11) is 0. The summed E-state index contributed by atoms with van der Waals surface area (Å²) in [4.78, 5) is 11.3. The van der Waals surface area contributed by atoms with E-state index in [0.717, 1.165) is 6.08 Å². The van der Waals surface area contributed by atoms with Crippen LogP contribution in [-0.4, -0.2) is 24.7 Å². The Bertz CT molecular complexity index is 333. The minimum absolute atomic E-state index is 0.164. The van der Waals surface area contributed by atoms with Crippen molar-refractivity contribution >= 4 is 13.1 Å². The molecule has 0 fully saturated rings. The molecule has 3 nitrogen and oxygen atoms in total. The van der Waals surface area contributed by atoms with Crippen molar-refractivity contribution in [2.75, 3.05) is 0 Å². The Hall–Kier alpha value is -1.14. The van der Waals surface area contributed by atoms with Crippen LogP contribution in [0.25, 0.3) is 0 Å². The Labute approximate surface area is 98.5 Å². The van der Waals surface area contributed by atoms with E-state index in [4.69, 9.17) is 4.74 Å². The molecule has 1 rings (SSSR count). The van der Waals surface area contributed by atoms with Crippen LogP contribution in [0.4, 0.5) is 17.7 Å². The van der Waals surface area contributed by atoms with Gasteiger partial charge in [-0.05, 0) is 33.6 Å². The molecule has 0 radical (unpaired) electrons. The molecule has 1 N–H and O–H groups in total. The molecule has 7 heteroatoms. The molecule has 0 aromatic carbocycles. The third-order valence-electron chi connectivity index (χ3n) is 2.29. The van der Waals surface area contributed by atoms with Gasteiger partial charge in [0.25, 0.3) is 0 Å². The minimum atomic E-state index is -4.93. The first-order valence-corrected chi connectivity index (χ1v) is 5.46. The molecule has 1 aliphatic carbocycles. The Morgan fingerprint density at radius 1 is 1.47 bits per heavy atom. The van der Waals surface area contributed by atoms with Crippen molar-refractivity contribution in [2.45, 2.75) is 45.3 Å². The van der Waals surface area contributed by atoms with Gasteiger partial charge in [-0.1, -0.05) is 0 Å². The van der Waals surface area contributed by atoms with Gasteiger partial charge in [0.05, 0.1) is 0 Å². The maximum absolute atomic E-state index is 12.4. The average molecular weight is 250 g/mol. The van der Waals surface area contributed by atoms with Gasteiger partial charge in [-0.15, -0.1) is 11.5 Å². The molecule has 0 spiro atoms. The fourth-order valence-corrected chi connectivity index (χ4v) is 1.60. The van der Waals surface area contributed by atoms with E-state index in [9.17, 15) is 17.7 Å². The van der Waals surface area contributed by atoms with Crippen LogP contribution in [-0.2, 0) is 4.74 Å². The Morgan fingerprint density at radius 3 is 2.47 bits per heavy atom. The Morgan fingerprint density at radius 2 is 2.06 bits per heavy atom. The summed E-state index contributed by atoms with van der Waals surface area (Å²) in [5, 5.41) is 2.43. The van der Waals surface area contributed by atoms with Crippen molar-refractivity contribution in [3.63, 3.8) is 0 Å². The number of amides is 1. The second-order valence-corrected chi connectivity index (χ2v) is 5.14. The number of hydrogen-bond acceptors (Lipinski definition) is 2. The SMILES string of the molecule is CC(C)(C)OC(=O)NC1CC=C([B-](F)(F)F)C1. The third kappa shape index (κ3) is 4.71. The zero-order valence-corrected chi connectivity index (χ0v) is 10.1. The highest BCUT2D eigenvalue weighted by Gasteiger charge is 2.33. The lowest BCUT2D eigenvalue weighted by atomic mass is 9.78. The quantitative estimate of drug-likeness (QED) is 0.765. The molecule has 17 heavy (non-hydrogen) atoms. The summed E-state index contributed by atoms with van der Waals surface area (Å²) in [6.45, 7) is 0.166. The van der Waals surface area contributed by atoms with Crippen LogP contribution >= 0.6 is 0 Å². The third-order valence-corrected chi connectivity index (χ3v) is 2.29. The maximum atomic E-state index is 12.4. The summed E-state index contributed by atoms with van der Waals surface area (Å²) >= 11 is 0. The lowest BCUT2D eigenvalue weighted by Gasteiger charge is -2.22. The normalized spacial score (nSPS) is 21.1. The highest BCUT2D eigenvalue weighted by atomic mass is 19.4. The van der Waals surface area contributed by atoms with Crippen LogP contribution in [0.15, 0.2) is 11.5 Å². The van der Waals surface area contributed by atoms with E-state index in [-0.39, 0.29) is 12.8 Å². The lowest BCUT2D eigenvalue weighted by Crippen LogP contribution is -2.38. The average Bonchev–Trinajstić information content (AvgIpc) is 2.47. The fourth-order valence-electron chi connectivity index (χ4n) is 1.60. The molecule has 0 aliphatic heterocycles. The van der Waals surface area contributed by atoms with Crippen molar-refractivity contribution in [1.82, 2.24) is 5.32 Å². The van der Waals surface area contributed by atoms with Gasteiger partial charge in [-0.2, -0.15) is 0 Å². The monoisotopic (exact) mass is 250 g/mol. The molecular weight excluding hydrogens is 234 g/mol. The van der Waals surface area contributed by atoms with E-state index in [2.05, 4.69) is 5.32 Å². The fraction of sp³-hybridized carbons (Fsp3) is 0.700. The van der Waals surface area contributed by atoms with Gasteiger partial charge in [-0.25, -0.2) is 4.79 Å². The summed E-state index contributed by atoms with van der Waals surface area (Å²) in [5.41, 5.74) is -1.17. The lowest BCUT2D eigenvalue weighted by molar-refractivity contribution is 0.0506. The summed E-state index contributed by atoms with van der Waals surface area (Å²) < 4.78 is 42.1. The Balaban J connectivity index is 2.41. The molecular formula is C10H16BF3NO2-. The number of hydrogen-bond donors (Lipinski definition) is 1. The number of rotatable bonds is 2. The van der Waals surface area contributed by atoms with Crippen LogP contribution in [0.1, 0.15) is 33.6 Å². The number of carbonyl (C=O) groups is 1. The zero-order valence-electron chi connectivity index (χ0n) is 10.1. The van der Waals surface area contributed by atoms with Crippen molar-refractivity contribution in [1.29, 1.82) is 0 Å². The van der Waals surface area contributed by atoms with Crippen molar-refractivity contribution in [3.05, 3.63) is 11.5 Å². The van der Waals surface area contributed by atoms with Crippen molar-refractivity contribution in [3.8, 4) is 0 Å². The number of carbonyl (C=O) groups excluding carboxylic acids is 1. The molecule has 1 amide bonds. The van der Waals surface area contributed by atoms with E-state index < -0.39 is 30.2 Å². The molecule has 0 saturated heterocycles. The molecule has 1 unspecified atom stereocenters. The number of nitrogens with one attached hydrogen (secondary N) is 1. The topological polar surface area (TPSA) is 38.3 Å². The van der Waals surface area contributed by atoms with E-state index >= 15 is 0 Å².